The molecule has 0 amide bonds. The summed E-state index contributed by atoms with van der Waals surface area (Å²) in [6.07, 6.45) is -3.67. The quantitative estimate of drug-likeness (QED) is 0.847. The van der Waals surface area contributed by atoms with E-state index in [0.717, 1.165) is 6.07 Å². The lowest BCUT2D eigenvalue weighted by atomic mass is 9.81. The molecule has 1 fully saturated rings. The molecule has 0 aromatic heterocycles. The van der Waals surface area contributed by atoms with Crippen molar-refractivity contribution >= 4 is 0 Å². The second-order valence-corrected chi connectivity index (χ2v) is 5.05. The Bertz CT molecular complexity index is 425. The van der Waals surface area contributed by atoms with Gasteiger partial charge >= 0.3 is 6.18 Å². The number of hydrogen-bond donors (Lipinski definition) is 1. The van der Waals surface area contributed by atoms with Crippen LogP contribution in [0.25, 0.3) is 0 Å². The highest BCUT2D eigenvalue weighted by Gasteiger charge is 2.57. The van der Waals surface area contributed by atoms with E-state index in [9.17, 15) is 13.2 Å². The van der Waals surface area contributed by atoms with Gasteiger partial charge in [-0.3, -0.25) is 0 Å². The molecule has 2 rings (SSSR count). The molecule has 1 unspecified atom stereocenters. The Morgan fingerprint density at radius 3 is 2.24 bits per heavy atom. The van der Waals surface area contributed by atoms with Gasteiger partial charge in [0.1, 0.15) is 0 Å². The summed E-state index contributed by atoms with van der Waals surface area (Å²) in [5.41, 5.74) is 5.20. The standard InChI is InChI=1S/C13H16F3N/c1-8(2)12(7-11(12)17)9-5-3-4-6-10(9)13(14,15)16/h3-6,8,11H,7,17H2,1-2H3/t11-,12?/m1/s1. The van der Waals surface area contributed by atoms with Gasteiger partial charge in [-0.15, -0.1) is 0 Å². The average molecular weight is 243 g/mol. The van der Waals surface area contributed by atoms with E-state index < -0.39 is 17.2 Å². The van der Waals surface area contributed by atoms with Crippen molar-refractivity contribution in [2.24, 2.45) is 11.7 Å². The molecule has 0 bridgehead atoms. The Balaban J connectivity index is 2.54. The Labute approximate surface area is 98.8 Å². The van der Waals surface area contributed by atoms with Crippen molar-refractivity contribution in [3.8, 4) is 0 Å². The molecule has 4 heteroatoms. The summed E-state index contributed by atoms with van der Waals surface area (Å²) in [5.74, 6) is 0.112. The Hall–Kier alpha value is -1.03. The van der Waals surface area contributed by atoms with Gasteiger partial charge in [0, 0.05) is 11.5 Å². The lowest BCUT2D eigenvalue weighted by Gasteiger charge is -2.25. The minimum atomic E-state index is -4.30. The minimum absolute atomic E-state index is 0.112. The summed E-state index contributed by atoms with van der Waals surface area (Å²) >= 11 is 0. The molecule has 1 aliphatic carbocycles. The van der Waals surface area contributed by atoms with E-state index in [1.54, 1.807) is 12.1 Å². The van der Waals surface area contributed by atoms with E-state index >= 15 is 0 Å². The summed E-state index contributed by atoms with van der Waals surface area (Å²) < 4.78 is 38.9. The van der Waals surface area contributed by atoms with Crippen LogP contribution in [0.3, 0.4) is 0 Å². The lowest BCUT2D eigenvalue weighted by Crippen LogP contribution is -2.27. The molecule has 17 heavy (non-hydrogen) atoms. The van der Waals surface area contributed by atoms with Crippen LogP contribution in [0, 0.1) is 5.92 Å². The van der Waals surface area contributed by atoms with E-state index in [-0.39, 0.29) is 12.0 Å². The van der Waals surface area contributed by atoms with Crippen molar-refractivity contribution in [1.82, 2.24) is 0 Å². The van der Waals surface area contributed by atoms with Gasteiger partial charge in [-0.25, -0.2) is 0 Å². The van der Waals surface area contributed by atoms with Gasteiger partial charge in [0.15, 0.2) is 0 Å². The summed E-state index contributed by atoms with van der Waals surface area (Å²) in [5, 5.41) is 0. The fraction of sp³-hybridized carbons (Fsp3) is 0.538. The SMILES string of the molecule is CC(C)C1(c2ccccc2C(F)(F)F)C[C@H]1N. The number of alkyl halides is 3. The molecule has 1 aromatic rings. The number of rotatable bonds is 2. The third kappa shape index (κ3) is 1.84. The van der Waals surface area contributed by atoms with Crippen LogP contribution < -0.4 is 5.73 Å². The van der Waals surface area contributed by atoms with E-state index in [0.29, 0.717) is 12.0 Å². The van der Waals surface area contributed by atoms with Gasteiger partial charge in [-0.05, 0) is 24.0 Å². The first-order valence-electron chi connectivity index (χ1n) is 5.72. The van der Waals surface area contributed by atoms with Crippen LogP contribution in [0.4, 0.5) is 13.2 Å². The molecule has 0 heterocycles. The molecule has 1 aliphatic rings. The van der Waals surface area contributed by atoms with Gasteiger partial charge in [-0.1, -0.05) is 32.0 Å². The molecule has 0 saturated heterocycles. The maximum Gasteiger partial charge on any atom is 0.416 e. The van der Waals surface area contributed by atoms with Gasteiger partial charge in [0.2, 0.25) is 0 Å². The van der Waals surface area contributed by atoms with Crippen LogP contribution in [0.2, 0.25) is 0 Å². The zero-order valence-electron chi connectivity index (χ0n) is 9.88. The zero-order valence-corrected chi connectivity index (χ0v) is 9.88. The predicted octanol–water partition coefficient (Wildman–Crippen LogP) is 3.33. The van der Waals surface area contributed by atoms with Crippen molar-refractivity contribution in [3.05, 3.63) is 35.4 Å². The maximum absolute atomic E-state index is 13.0. The molecule has 1 saturated carbocycles. The molecule has 2 atom stereocenters. The maximum atomic E-state index is 13.0. The van der Waals surface area contributed by atoms with E-state index in [4.69, 9.17) is 5.73 Å². The molecule has 0 spiro atoms. The normalized spacial score (nSPS) is 28.5. The van der Waals surface area contributed by atoms with Crippen molar-refractivity contribution in [1.29, 1.82) is 0 Å². The summed E-state index contributed by atoms with van der Waals surface area (Å²) in [6, 6.07) is 5.62. The molecule has 1 nitrogen and oxygen atoms in total. The zero-order chi connectivity index (χ0) is 12.8. The van der Waals surface area contributed by atoms with E-state index in [1.807, 2.05) is 13.8 Å². The third-order valence-corrected chi connectivity index (χ3v) is 3.82. The molecular formula is C13H16F3N. The highest BCUT2D eigenvalue weighted by Crippen LogP contribution is 2.55. The number of benzene rings is 1. The number of nitrogens with two attached hydrogens (primary N) is 1. The third-order valence-electron chi connectivity index (χ3n) is 3.82. The lowest BCUT2D eigenvalue weighted by molar-refractivity contribution is -0.138. The average Bonchev–Trinajstić information content (AvgIpc) is 2.90. The summed E-state index contributed by atoms with van der Waals surface area (Å²) in [4.78, 5) is 0. The van der Waals surface area contributed by atoms with Gasteiger partial charge in [0.05, 0.1) is 5.56 Å². The van der Waals surface area contributed by atoms with Crippen LogP contribution in [0.15, 0.2) is 24.3 Å². The highest BCUT2D eigenvalue weighted by atomic mass is 19.4. The van der Waals surface area contributed by atoms with Crippen molar-refractivity contribution in [2.75, 3.05) is 0 Å². The highest BCUT2D eigenvalue weighted by molar-refractivity contribution is 5.44. The number of hydrogen-bond acceptors (Lipinski definition) is 1. The second-order valence-electron chi connectivity index (χ2n) is 5.05. The second kappa shape index (κ2) is 3.73. The Morgan fingerprint density at radius 1 is 1.29 bits per heavy atom. The smallest absolute Gasteiger partial charge is 0.327 e. The molecule has 94 valence electrons. The van der Waals surface area contributed by atoms with Crippen molar-refractivity contribution in [2.45, 2.75) is 37.9 Å². The fourth-order valence-electron chi connectivity index (χ4n) is 2.73. The predicted molar refractivity (Wildman–Crippen MR) is 60.6 cm³/mol. The van der Waals surface area contributed by atoms with Crippen LogP contribution in [0.5, 0.6) is 0 Å². The summed E-state index contributed by atoms with van der Waals surface area (Å²) in [7, 11) is 0. The van der Waals surface area contributed by atoms with Gasteiger partial charge < -0.3 is 5.73 Å². The fourth-order valence-corrected chi connectivity index (χ4v) is 2.73. The Morgan fingerprint density at radius 2 is 1.82 bits per heavy atom. The molecule has 0 aliphatic heterocycles. The first-order valence-corrected chi connectivity index (χ1v) is 5.72. The van der Waals surface area contributed by atoms with Crippen LogP contribution in [-0.4, -0.2) is 6.04 Å². The van der Waals surface area contributed by atoms with Crippen molar-refractivity contribution < 1.29 is 13.2 Å². The monoisotopic (exact) mass is 243 g/mol. The topological polar surface area (TPSA) is 26.0 Å². The van der Waals surface area contributed by atoms with E-state index in [1.165, 1.54) is 6.07 Å². The molecule has 1 aromatic carbocycles. The van der Waals surface area contributed by atoms with Crippen LogP contribution in [-0.2, 0) is 11.6 Å². The van der Waals surface area contributed by atoms with E-state index in [2.05, 4.69) is 0 Å². The number of halogens is 3. The van der Waals surface area contributed by atoms with Crippen molar-refractivity contribution in [3.63, 3.8) is 0 Å². The molecule has 0 radical (unpaired) electrons. The van der Waals surface area contributed by atoms with Gasteiger partial charge in [-0.2, -0.15) is 13.2 Å². The molecule has 2 N–H and O–H groups in total. The van der Waals surface area contributed by atoms with Crippen LogP contribution in [0.1, 0.15) is 31.4 Å². The first-order chi connectivity index (χ1) is 7.80. The molecular weight excluding hydrogens is 227 g/mol. The largest absolute Gasteiger partial charge is 0.416 e. The van der Waals surface area contributed by atoms with Crippen LogP contribution >= 0.6 is 0 Å². The summed E-state index contributed by atoms with van der Waals surface area (Å²) in [6.45, 7) is 3.86. The first kappa shape index (κ1) is 12.4. The van der Waals surface area contributed by atoms with Gasteiger partial charge in [0.25, 0.3) is 0 Å². The minimum Gasteiger partial charge on any atom is -0.327 e. The Kier molecular flexibility index (Phi) is 2.73.